The van der Waals surface area contributed by atoms with Crippen LogP contribution in [-0.2, 0) is 13.2 Å². The van der Waals surface area contributed by atoms with Crippen LogP contribution in [0.1, 0.15) is 11.1 Å². The van der Waals surface area contributed by atoms with Gasteiger partial charge in [0.25, 0.3) is 0 Å². The molecule has 0 atom stereocenters. The van der Waals surface area contributed by atoms with Crippen molar-refractivity contribution >= 4 is 23.2 Å². The molecule has 0 radical (unpaired) electrons. The van der Waals surface area contributed by atoms with E-state index in [1.165, 1.54) is 0 Å². The summed E-state index contributed by atoms with van der Waals surface area (Å²) < 4.78 is 5.92. The Morgan fingerprint density at radius 1 is 0.917 bits per heavy atom. The number of nitrogens with one attached hydrogen (secondary N) is 2. The fourth-order valence-electron chi connectivity index (χ4n) is 2.22. The fourth-order valence-corrected chi connectivity index (χ4v) is 2.63. The molecule has 0 fully saturated rings. The van der Waals surface area contributed by atoms with Gasteiger partial charge in [0.2, 0.25) is 0 Å². The standard InChI is InChI=1S/C18H22Cl2N2O2/c19-16-3-1-2-14(10-16)13-24-18-5-4-17(20)11-15(18)12-22-7-6-21-8-9-23/h1-5,10-11,21-23H,6-9,12-13H2. The van der Waals surface area contributed by atoms with E-state index in [0.717, 1.165) is 30.0 Å². The van der Waals surface area contributed by atoms with Gasteiger partial charge in [-0.25, -0.2) is 0 Å². The maximum atomic E-state index is 8.72. The van der Waals surface area contributed by atoms with Crippen LogP contribution in [0.4, 0.5) is 0 Å². The Morgan fingerprint density at radius 2 is 1.71 bits per heavy atom. The third-order valence-electron chi connectivity index (χ3n) is 3.39. The Balaban J connectivity index is 1.89. The van der Waals surface area contributed by atoms with Gasteiger partial charge >= 0.3 is 0 Å². The molecule has 24 heavy (non-hydrogen) atoms. The lowest BCUT2D eigenvalue weighted by Crippen LogP contribution is -2.28. The largest absolute Gasteiger partial charge is 0.489 e. The molecule has 4 nitrogen and oxygen atoms in total. The Kier molecular flexibility index (Phi) is 8.36. The second-order valence-electron chi connectivity index (χ2n) is 5.32. The highest BCUT2D eigenvalue weighted by Crippen LogP contribution is 2.24. The lowest BCUT2D eigenvalue weighted by Gasteiger charge is -2.13. The summed E-state index contributed by atoms with van der Waals surface area (Å²) in [5.41, 5.74) is 2.02. The molecule has 0 amide bonds. The van der Waals surface area contributed by atoms with Gasteiger partial charge in [-0.1, -0.05) is 35.3 Å². The van der Waals surface area contributed by atoms with E-state index in [-0.39, 0.29) is 6.61 Å². The summed E-state index contributed by atoms with van der Waals surface area (Å²) in [6, 6.07) is 13.2. The molecule has 0 aliphatic rings. The molecule has 2 aromatic carbocycles. The van der Waals surface area contributed by atoms with Crippen LogP contribution in [-0.4, -0.2) is 31.3 Å². The van der Waals surface area contributed by atoms with Crippen molar-refractivity contribution in [3.05, 3.63) is 63.6 Å². The van der Waals surface area contributed by atoms with Gasteiger partial charge in [-0.05, 0) is 35.9 Å². The van der Waals surface area contributed by atoms with Crippen molar-refractivity contribution in [2.75, 3.05) is 26.2 Å². The van der Waals surface area contributed by atoms with Crippen molar-refractivity contribution in [3.63, 3.8) is 0 Å². The number of ether oxygens (including phenoxy) is 1. The average molecular weight is 369 g/mol. The Labute approximate surface area is 152 Å². The molecule has 0 bridgehead atoms. The number of hydrogen-bond acceptors (Lipinski definition) is 4. The number of aliphatic hydroxyl groups is 1. The second kappa shape index (κ2) is 10.5. The molecule has 6 heteroatoms. The van der Waals surface area contributed by atoms with Gasteiger partial charge in [0.15, 0.2) is 0 Å². The van der Waals surface area contributed by atoms with Crippen molar-refractivity contribution in [1.82, 2.24) is 10.6 Å². The highest BCUT2D eigenvalue weighted by atomic mass is 35.5. The molecule has 2 aromatic rings. The molecule has 0 heterocycles. The summed E-state index contributed by atoms with van der Waals surface area (Å²) in [5, 5.41) is 16.5. The van der Waals surface area contributed by atoms with Crippen molar-refractivity contribution in [2.45, 2.75) is 13.2 Å². The molecule has 0 saturated carbocycles. The van der Waals surface area contributed by atoms with Crippen LogP contribution in [0.25, 0.3) is 0 Å². The van der Waals surface area contributed by atoms with Gasteiger partial charge in [0, 0.05) is 41.8 Å². The lowest BCUT2D eigenvalue weighted by molar-refractivity contribution is 0.292. The van der Waals surface area contributed by atoms with E-state index < -0.39 is 0 Å². The van der Waals surface area contributed by atoms with Gasteiger partial charge in [-0.3, -0.25) is 0 Å². The topological polar surface area (TPSA) is 53.5 Å². The zero-order valence-electron chi connectivity index (χ0n) is 13.4. The molecule has 0 aliphatic heterocycles. The summed E-state index contributed by atoms with van der Waals surface area (Å²) in [5.74, 6) is 0.801. The minimum absolute atomic E-state index is 0.149. The maximum Gasteiger partial charge on any atom is 0.124 e. The summed E-state index contributed by atoms with van der Waals surface area (Å²) >= 11 is 12.1. The fraction of sp³-hybridized carbons (Fsp3) is 0.333. The van der Waals surface area contributed by atoms with Crippen LogP contribution in [0.3, 0.4) is 0 Å². The van der Waals surface area contributed by atoms with E-state index in [1.807, 2.05) is 42.5 Å². The lowest BCUT2D eigenvalue weighted by atomic mass is 10.2. The van der Waals surface area contributed by atoms with Crippen molar-refractivity contribution in [1.29, 1.82) is 0 Å². The molecule has 3 N–H and O–H groups in total. The first-order valence-electron chi connectivity index (χ1n) is 7.87. The molecule has 0 spiro atoms. The number of rotatable bonds is 10. The molecule has 0 aromatic heterocycles. The predicted molar refractivity (Wildman–Crippen MR) is 98.9 cm³/mol. The zero-order valence-corrected chi connectivity index (χ0v) is 14.9. The van der Waals surface area contributed by atoms with E-state index in [1.54, 1.807) is 0 Å². The third-order valence-corrected chi connectivity index (χ3v) is 3.86. The Bertz CT molecular complexity index is 638. The number of halogens is 2. The Hall–Kier alpha value is -1.30. The Morgan fingerprint density at radius 3 is 2.50 bits per heavy atom. The summed E-state index contributed by atoms with van der Waals surface area (Å²) in [6.45, 7) is 3.45. The highest BCUT2D eigenvalue weighted by Gasteiger charge is 2.06. The summed E-state index contributed by atoms with van der Waals surface area (Å²) in [7, 11) is 0. The van der Waals surface area contributed by atoms with Crippen LogP contribution < -0.4 is 15.4 Å². The first-order chi connectivity index (χ1) is 11.7. The normalized spacial score (nSPS) is 10.8. The highest BCUT2D eigenvalue weighted by molar-refractivity contribution is 6.30. The van der Waals surface area contributed by atoms with Gasteiger partial charge in [-0.2, -0.15) is 0 Å². The average Bonchev–Trinajstić information content (AvgIpc) is 2.57. The number of hydrogen-bond donors (Lipinski definition) is 3. The van der Waals surface area contributed by atoms with Gasteiger partial charge in [0.1, 0.15) is 12.4 Å². The van der Waals surface area contributed by atoms with E-state index in [0.29, 0.717) is 29.7 Å². The molecule has 130 valence electrons. The zero-order chi connectivity index (χ0) is 17.2. The minimum Gasteiger partial charge on any atom is -0.489 e. The van der Waals surface area contributed by atoms with E-state index in [9.17, 15) is 0 Å². The number of benzene rings is 2. The molecule has 0 aliphatic carbocycles. The molecule has 0 unspecified atom stereocenters. The molecule has 0 saturated heterocycles. The molecular weight excluding hydrogens is 347 g/mol. The first kappa shape index (κ1) is 19.0. The van der Waals surface area contributed by atoms with Crippen molar-refractivity contribution in [3.8, 4) is 5.75 Å². The van der Waals surface area contributed by atoms with Crippen molar-refractivity contribution in [2.24, 2.45) is 0 Å². The van der Waals surface area contributed by atoms with E-state index >= 15 is 0 Å². The smallest absolute Gasteiger partial charge is 0.124 e. The van der Waals surface area contributed by atoms with Crippen LogP contribution in [0, 0.1) is 0 Å². The number of aliphatic hydroxyl groups excluding tert-OH is 1. The van der Waals surface area contributed by atoms with Crippen LogP contribution >= 0.6 is 23.2 Å². The van der Waals surface area contributed by atoms with Crippen LogP contribution in [0.15, 0.2) is 42.5 Å². The summed E-state index contributed by atoms with van der Waals surface area (Å²) in [6.07, 6.45) is 0. The van der Waals surface area contributed by atoms with Crippen LogP contribution in [0.5, 0.6) is 5.75 Å². The first-order valence-corrected chi connectivity index (χ1v) is 8.62. The van der Waals surface area contributed by atoms with E-state index in [4.69, 9.17) is 33.0 Å². The minimum atomic E-state index is 0.149. The predicted octanol–water partition coefficient (Wildman–Crippen LogP) is 3.24. The SMILES string of the molecule is OCCNCCNCc1cc(Cl)ccc1OCc1cccc(Cl)c1. The van der Waals surface area contributed by atoms with E-state index in [2.05, 4.69) is 10.6 Å². The quantitative estimate of drug-likeness (QED) is 0.563. The van der Waals surface area contributed by atoms with Gasteiger partial charge < -0.3 is 20.5 Å². The summed E-state index contributed by atoms with van der Waals surface area (Å²) in [4.78, 5) is 0. The molecular formula is C18H22Cl2N2O2. The van der Waals surface area contributed by atoms with Crippen LogP contribution in [0.2, 0.25) is 10.0 Å². The third kappa shape index (κ3) is 6.67. The van der Waals surface area contributed by atoms with Gasteiger partial charge in [-0.15, -0.1) is 0 Å². The monoisotopic (exact) mass is 368 g/mol. The van der Waals surface area contributed by atoms with Crippen molar-refractivity contribution < 1.29 is 9.84 Å². The van der Waals surface area contributed by atoms with Gasteiger partial charge in [0.05, 0.1) is 6.61 Å². The second-order valence-corrected chi connectivity index (χ2v) is 6.19. The molecule has 2 rings (SSSR count). The maximum absolute atomic E-state index is 8.72.